The number of hydrogen-bond donors (Lipinski definition) is 2. The molecule has 0 bridgehead atoms. The van der Waals surface area contributed by atoms with Crippen LogP contribution in [0.1, 0.15) is 37.1 Å². The van der Waals surface area contributed by atoms with Crippen LogP contribution < -0.4 is 11.0 Å². The minimum absolute atomic E-state index is 0.0577. The standard InChI is InChI=1S/C18H25N7O/c1-24-15(23-25(2)18(24)26)9-12-5-3-4-6-14(12)21-10-13-11-22-17-16(13)19-7-8-20-17/h7-8,11-12,14,21H,3-6,9-10H2,1-2H3,(H,20,22)/t12-,14-/m1/s1. The SMILES string of the molecule is Cn1nc(C[C@H]2CCCC[C@H]2NCc2c[nH]c3nccnc23)n(C)c1=O. The molecule has 26 heavy (non-hydrogen) atoms. The van der Waals surface area contributed by atoms with E-state index in [0.29, 0.717) is 12.0 Å². The van der Waals surface area contributed by atoms with Gasteiger partial charge in [0, 0.05) is 57.3 Å². The molecule has 3 aromatic heterocycles. The van der Waals surface area contributed by atoms with Gasteiger partial charge in [-0.05, 0) is 18.8 Å². The summed E-state index contributed by atoms with van der Waals surface area (Å²) in [5, 5.41) is 8.12. The van der Waals surface area contributed by atoms with E-state index in [2.05, 4.69) is 25.4 Å². The van der Waals surface area contributed by atoms with Crippen molar-refractivity contribution in [2.75, 3.05) is 0 Å². The molecule has 1 saturated carbocycles. The first-order chi connectivity index (χ1) is 12.6. The van der Waals surface area contributed by atoms with Gasteiger partial charge in [-0.2, -0.15) is 5.10 Å². The van der Waals surface area contributed by atoms with Crippen molar-refractivity contribution >= 4 is 11.2 Å². The van der Waals surface area contributed by atoms with E-state index in [9.17, 15) is 4.79 Å². The van der Waals surface area contributed by atoms with Crippen LogP contribution in [0.15, 0.2) is 23.4 Å². The van der Waals surface area contributed by atoms with Crippen molar-refractivity contribution in [3.8, 4) is 0 Å². The molecule has 0 amide bonds. The lowest BCUT2D eigenvalue weighted by Crippen LogP contribution is -2.39. The minimum Gasteiger partial charge on any atom is -0.344 e. The van der Waals surface area contributed by atoms with Crippen LogP contribution in [0.25, 0.3) is 11.2 Å². The molecule has 8 heteroatoms. The fourth-order valence-corrected chi connectivity index (χ4v) is 4.02. The topological polar surface area (TPSA) is 93.4 Å². The molecule has 0 aliphatic heterocycles. The van der Waals surface area contributed by atoms with Gasteiger partial charge in [0.25, 0.3) is 0 Å². The van der Waals surface area contributed by atoms with Crippen molar-refractivity contribution in [3.05, 3.63) is 40.5 Å². The highest BCUT2D eigenvalue weighted by atomic mass is 16.2. The first-order valence-electron chi connectivity index (χ1n) is 9.22. The predicted octanol–water partition coefficient (Wildman–Crippen LogP) is 1.28. The number of nitrogens with zero attached hydrogens (tertiary/aromatic N) is 5. The first-order valence-corrected chi connectivity index (χ1v) is 9.22. The molecule has 0 spiro atoms. The number of hydrogen-bond acceptors (Lipinski definition) is 5. The van der Waals surface area contributed by atoms with E-state index in [1.54, 1.807) is 31.1 Å². The Morgan fingerprint density at radius 3 is 2.85 bits per heavy atom. The predicted molar refractivity (Wildman–Crippen MR) is 98.6 cm³/mol. The Morgan fingerprint density at radius 1 is 1.23 bits per heavy atom. The second kappa shape index (κ2) is 7.03. The van der Waals surface area contributed by atoms with Crippen molar-refractivity contribution in [1.82, 2.24) is 34.6 Å². The van der Waals surface area contributed by atoms with Gasteiger partial charge in [-0.25, -0.2) is 14.5 Å². The molecular weight excluding hydrogens is 330 g/mol. The average Bonchev–Trinajstić information content (AvgIpc) is 3.18. The molecule has 8 nitrogen and oxygen atoms in total. The zero-order valence-corrected chi connectivity index (χ0v) is 15.3. The van der Waals surface area contributed by atoms with Crippen LogP contribution in [0.3, 0.4) is 0 Å². The average molecular weight is 355 g/mol. The summed E-state index contributed by atoms with van der Waals surface area (Å²) in [6.07, 6.45) is 11.0. The zero-order valence-electron chi connectivity index (χ0n) is 15.3. The van der Waals surface area contributed by atoms with Crippen LogP contribution in [0.5, 0.6) is 0 Å². The van der Waals surface area contributed by atoms with E-state index in [4.69, 9.17) is 0 Å². The fraction of sp³-hybridized carbons (Fsp3) is 0.556. The molecule has 1 aliphatic rings. The zero-order chi connectivity index (χ0) is 18.1. The minimum atomic E-state index is -0.0577. The molecule has 1 aliphatic carbocycles. The molecule has 1 fully saturated rings. The van der Waals surface area contributed by atoms with Gasteiger partial charge >= 0.3 is 5.69 Å². The van der Waals surface area contributed by atoms with E-state index in [0.717, 1.165) is 48.4 Å². The number of fused-ring (bicyclic) bond motifs is 1. The van der Waals surface area contributed by atoms with Gasteiger partial charge in [-0.3, -0.25) is 9.55 Å². The van der Waals surface area contributed by atoms with Crippen LogP contribution in [-0.4, -0.2) is 35.3 Å². The Kier molecular flexibility index (Phi) is 4.58. The second-order valence-electron chi connectivity index (χ2n) is 7.18. The number of nitrogens with one attached hydrogen (secondary N) is 2. The number of aromatic amines is 1. The molecule has 2 atom stereocenters. The summed E-state index contributed by atoms with van der Waals surface area (Å²) in [4.78, 5) is 23.9. The third-order valence-electron chi connectivity index (χ3n) is 5.51. The van der Waals surface area contributed by atoms with E-state index >= 15 is 0 Å². The van der Waals surface area contributed by atoms with Crippen LogP contribution >= 0.6 is 0 Å². The summed E-state index contributed by atoms with van der Waals surface area (Å²) in [6, 6.07) is 0.419. The van der Waals surface area contributed by atoms with Crippen LogP contribution in [0, 0.1) is 5.92 Å². The fourth-order valence-electron chi connectivity index (χ4n) is 4.02. The summed E-state index contributed by atoms with van der Waals surface area (Å²) in [6.45, 7) is 0.765. The van der Waals surface area contributed by atoms with E-state index in [1.807, 2.05) is 6.20 Å². The Morgan fingerprint density at radius 2 is 2.04 bits per heavy atom. The lowest BCUT2D eigenvalue weighted by atomic mass is 9.82. The van der Waals surface area contributed by atoms with Gasteiger partial charge in [-0.1, -0.05) is 12.8 Å². The normalized spacial score (nSPS) is 20.7. The van der Waals surface area contributed by atoms with Gasteiger partial charge in [-0.15, -0.1) is 0 Å². The van der Waals surface area contributed by atoms with Crippen molar-refractivity contribution in [1.29, 1.82) is 0 Å². The highest BCUT2D eigenvalue weighted by Crippen LogP contribution is 2.27. The third-order valence-corrected chi connectivity index (χ3v) is 5.51. The largest absolute Gasteiger partial charge is 0.345 e. The smallest absolute Gasteiger partial charge is 0.344 e. The van der Waals surface area contributed by atoms with E-state index < -0.39 is 0 Å². The monoisotopic (exact) mass is 355 g/mol. The number of H-pyrrole nitrogens is 1. The summed E-state index contributed by atoms with van der Waals surface area (Å²) in [5.41, 5.74) is 2.84. The second-order valence-corrected chi connectivity index (χ2v) is 7.18. The highest BCUT2D eigenvalue weighted by Gasteiger charge is 2.27. The van der Waals surface area contributed by atoms with Gasteiger partial charge in [0.2, 0.25) is 0 Å². The molecular formula is C18H25N7O. The number of aromatic nitrogens is 6. The number of aryl methyl sites for hydroxylation is 1. The van der Waals surface area contributed by atoms with Gasteiger partial charge < -0.3 is 10.3 Å². The Labute approximate surface area is 151 Å². The number of rotatable bonds is 5. The summed E-state index contributed by atoms with van der Waals surface area (Å²) >= 11 is 0. The van der Waals surface area contributed by atoms with Crippen molar-refractivity contribution in [2.45, 2.75) is 44.7 Å². The maximum Gasteiger partial charge on any atom is 0.345 e. The Bertz CT molecular complexity index is 954. The first kappa shape index (κ1) is 17.0. The van der Waals surface area contributed by atoms with Gasteiger partial charge in [0.1, 0.15) is 11.3 Å². The van der Waals surface area contributed by atoms with Crippen molar-refractivity contribution in [2.24, 2.45) is 20.0 Å². The molecule has 0 saturated heterocycles. The van der Waals surface area contributed by atoms with Crippen LogP contribution in [0.2, 0.25) is 0 Å². The molecule has 3 heterocycles. The van der Waals surface area contributed by atoms with Gasteiger partial charge in [0.05, 0.1) is 0 Å². The lowest BCUT2D eigenvalue weighted by molar-refractivity contribution is 0.255. The molecule has 4 rings (SSSR count). The van der Waals surface area contributed by atoms with Crippen LogP contribution in [0.4, 0.5) is 0 Å². The highest BCUT2D eigenvalue weighted by molar-refractivity contribution is 5.74. The van der Waals surface area contributed by atoms with E-state index in [1.165, 1.54) is 17.5 Å². The Balaban J connectivity index is 1.47. The van der Waals surface area contributed by atoms with Crippen molar-refractivity contribution in [3.63, 3.8) is 0 Å². The molecule has 2 N–H and O–H groups in total. The van der Waals surface area contributed by atoms with Gasteiger partial charge in [0.15, 0.2) is 5.65 Å². The molecule has 0 aromatic carbocycles. The molecule has 138 valence electrons. The summed E-state index contributed by atoms with van der Waals surface area (Å²) in [5.74, 6) is 1.36. The van der Waals surface area contributed by atoms with Crippen molar-refractivity contribution < 1.29 is 0 Å². The maximum absolute atomic E-state index is 11.9. The maximum atomic E-state index is 11.9. The third kappa shape index (κ3) is 3.16. The summed E-state index contributed by atoms with van der Waals surface area (Å²) in [7, 11) is 3.51. The lowest BCUT2D eigenvalue weighted by Gasteiger charge is -2.32. The van der Waals surface area contributed by atoms with E-state index in [-0.39, 0.29) is 5.69 Å². The molecule has 0 radical (unpaired) electrons. The molecule has 3 aromatic rings. The molecule has 0 unspecified atom stereocenters. The van der Waals surface area contributed by atoms with Crippen LogP contribution in [-0.2, 0) is 27.1 Å². The summed E-state index contributed by atoms with van der Waals surface area (Å²) < 4.78 is 3.09. The Hall–Kier alpha value is -2.48. The quantitative estimate of drug-likeness (QED) is 0.719.